The predicted octanol–water partition coefficient (Wildman–Crippen LogP) is 4.68. The first-order chi connectivity index (χ1) is 13.2. The zero-order valence-corrected chi connectivity index (χ0v) is 16.0. The van der Waals surface area contributed by atoms with Gasteiger partial charge in [-0.1, -0.05) is 6.07 Å². The van der Waals surface area contributed by atoms with Crippen LogP contribution in [0.5, 0.6) is 0 Å². The Morgan fingerprint density at radius 2 is 1.79 bits per heavy atom. The van der Waals surface area contributed by atoms with Crippen molar-refractivity contribution >= 4 is 21.8 Å². The molecule has 10 heteroatoms. The molecule has 2 heterocycles. The van der Waals surface area contributed by atoms with Gasteiger partial charge in [-0.25, -0.2) is 8.42 Å². The first kappa shape index (κ1) is 20.4. The van der Waals surface area contributed by atoms with Crippen molar-refractivity contribution in [3.05, 3.63) is 78.5 Å². The number of aromatic nitrogens is 1. The summed E-state index contributed by atoms with van der Waals surface area (Å²) in [5.74, 6) is 0.441. The Morgan fingerprint density at radius 1 is 1.04 bits per heavy atom. The highest BCUT2D eigenvalue weighted by atomic mass is 32.2. The van der Waals surface area contributed by atoms with Gasteiger partial charge >= 0.3 is 5.51 Å². The van der Waals surface area contributed by atoms with Gasteiger partial charge in [0.25, 0.3) is 0 Å². The second kappa shape index (κ2) is 8.38. The van der Waals surface area contributed by atoms with Crippen molar-refractivity contribution < 1.29 is 26.0 Å². The fourth-order valence-electron chi connectivity index (χ4n) is 2.46. The van der Waals surface area contributed by atoms with Gasteiger partial charge in [0.15, 0.2) is 0 Å². The minimum atomic E-state index is -4.44. The molecular weight excluding hydrogens is 413 g/mol. The van der Waals surface area contributed by atoms with E-state index in [0.29, 0.717) is 11.3 Å². The lowest BCUT2D eigenvalue weighted by molar-refractivity contribution is -0.0328. The lowest BCUT2D eigenvalue weighted by Crippen LogP contribution is -2.30. The smallest absolute Gasteiger partial charge is 0.446 e. The second-order valence-corrected chi connectivity index (χ2v) is 8.81. The van der Waals surface area contributed by atoms with E-state index in [9.17, 15) is 21.6 Å². The zero-order valence-electron chi connectivity index (χ0n) is 14.3. The van der Waals surface area contributed by atoms with Crippen LogP contribution in [0.3, 0.4) is 0 Å². The van der Waals surface area contributed by atoms with E-state index in [4.69, 9.17) is 4.42 Å². The maximum absolute atomic E-state index is 13.1. The SMILES string of the molecule is O=S(=O)(c1ccc(SC(F)(F)F)cc1)N(Cc1cccnc1)Cc1ccco1. The number of nitrogens with zero attached hydrogens (tertiary/aromatic N) is 2. The van der Waals surface area contributed by atoms with Crippen LogP contribution in [0.1, 0.15) is 11.3 Å². The number of hydrogen-bond acceptors (Lipinski definition) is 5. The van der Waals surface area contributed by atoms with Crippen LogP contribution in [0.25, 0.3) is 0 Å². The Hall–Kier alpha value is -2.30. The van der Waals surface area contributed by atoms with Crippen molar-refractivity contribution in [2.75, 3.05) is 0 Å². The number of benzene rings is 1. The van der Waals surface area contributed by atoms with Crippen LogP contribution < -0.4 is 0 Å². The van der Waals surface area contributed by atoms with Crippen molar-refractivity contribution in [3.8, 4) is 0 Å². The third-order valence-corrected chi connectivity index (χ3v) is 6.23. The van der Waals surface area contributed by atoms with Gasteiger partial charge in [-0.3, -0.25) is 4.98 Å². The molecule has 0 radical (unpaired) electrons. The Bertz CT molecular complexity index is 991. The van der Waals surface area contributed by atoms with Crippen LogP contribution in [0.2, 0.25) is 0 Å². The zero-order chi connectivity index (χ0) is 20.2. The molecule has 28 heavy (non-hydrogen) atoms. The van der Waals surface area contributed by atoms with Crippen LogP contribution in [-0.4, -0.2) is 23.2 Å². The number of furan rings is 1. The molecule has 0 fully saturated rings. The Balaban J connectivity index is 1.88. The molecule has 2 aromatic heterocycles. The molecule has 0 spiro atoms. The maximum atomic E-state index is 13.1. The molecule has 0 amide bonds. The highest BCUT2D eigenvalue weighted by Gasteiger charge is 2.30. The summed E-state index contributed by atoms with van der Waals surface area (Å²) in [5, 5.41) is 0. The topological polar surface area (TPSA) is 63.4 Å². The molecule has 0 N–H and O–H groups in total. The van der Waals surface area contributed by atoms with Gasteiger partial charge in [-0.2, -0.15) is 17.5 Å². The number of hydrogen-bond donors (Lipinski definition) is 0. The minimum absolute atomic E-state index is 0.0245. The molecule has 0 unspecified atom stereocenters. The number of halogens is 3. The summed E-state index contributed by atoms with van der Waals surface area (Å²) in [6.45, 7) is 0.0131. The molecule has 0 atom stereocenters. The van der Waals surface area contributed by atoms with Gasteiger partial charge in [-0.15, -0.1) is 0 Å². The largest absolute Gasteiger partial charge is 0.468 e. The quantitative estimate of drug-likeness (QED) is 0.512. The number of alkyl halides is 3. The van der Waals surface area contributed by atoms with Gasteiger partial charge in [0.1, 0.15) is 5.76 Å². The molecule has 148 valence electrons. The lowest BCUT2D eigenvalue weighted by atomic mass is 10.3. The minimum Gasteiger partial charge on any atom is -0.468 e. The van der Waals surface area contributed by atoms with Crippen molar-refractivity contribution in [2.24, 2.45) is 0 Å². The standard InChI is InChI=1S/C18H15F3N2O3S2/c19-18(20,21)27-16-5-7-17(8-6-16)28(24,25)23(13-15-4-2-10-26-15)12-14-3-1-9-22-11-14/h1-11H,12-13H2. The molecule has 3 rings (SSSR count). The highest BCUT2D eigenvalue weighted by Crippen LogP contribution is 2.37. The van der Waals surface area contributed by atoms with E-state index in [1.54, 1.807) is 36.7 Å². The van der Waals surface area contributed by atoms with Crippen LogP contribution in [0.4, 0.5) is 13.2 Å². The van der Waals surface area contributed by atoms with Gasteiger partial charge in [0.2, 0.25) is 10.0 Å². The molecule has 0 aliphatic heterocycles. The van der Waals surface area contributed by atoms with E-state index in [2.05, 4.69) is 4.98 Å². The van der Waals surface area contributed by atoms with Crippen LogP contribution >= 0.6 is 11.8 Å². The molecule has 0 aliphatic carbocycles. The van der Waals surface area contributed by atoms with Gasteiger partial charge < -0.3 is 4.42 Å². The number of sulfonamides is 1. The van der Waals surface area contributed by atoms with Crippen molar-refractivity contribution in [1.82, 2.24) is 9.29 Å². The van der Waals surface area contributed by atoms with E-state index in [-0.39, 0.29) is 34.6 Å². The molecule has 0 saturated carbocycles. The Labute approximate surface area is 164 Å². The fourth-order valence-corrected chi connectivity index (χ4v) is 4.39. The molecule has 5 nitrogen and oxygen atoms in total. The average Bonchev–Trinajstić information content (AvgIpc) is 3.14. The van der Waals surface area contributed by atoms with Crippen LogP contribution in [0.15, 0.2) is 81.4 Å². The van der Waals surface area contributed by atoms with E-state index < -0.39 is 15.5 Å². The van der Waals surface area contributed by atoms with Crippen molar-refractivity contribution in [2.45, 2.75) is 28.4 Å². The van der Waals surface area contributed by atoms with E-state index in [1.807, 2.05) is 0 Å². The van der Waals surface area contributed by atoms with Gasteiger partial charge in [0, 0.05) is 23.8 Å². The van der Waals surface area contributed by atoms with Crippen LogP contribution in [-0.2, 0) is 23.1 Å². The normalized spacial score (nSPS) is 12.4. The summed E-state index contributed by atoms with van der Waals surface area (Å²) in [5.41, 5.74) is -3.77. The number of rotatable bonds is 7. The summed E-state index contributed by atoms with van der Waals surface area (Å²) in [6, 6.07) is 11.3. The third kappa shape index (κ3) is 5.37. The first-order valence-corrected chi connectivity index (χ1v) is 10.3. The highest BCUT2D eigenvalue weighted by molar-refractivity contribution is 8.00. The summed E-state index contributed by atoms with van der Waals surface area (Å²) in [7, 11) is -3.98. The molecule has 3 aromatic rings. The molecule has 0 saturated heterocycles. The lowest BCUT2D eigenvalue weighted by Gasteiger charge is -2.21. The molecule has 1 aromatic carbocycles. The second-order valence-electron chi connectivity index (χ2n) is 5.73. The molecular formula is C18H15F3N2O3S2. The van der Waals surface area contributed by atoms with Gasteiger partial charge in [0.05, 0.1) is 17.7 Å². The first-order valence-electron chi connectivity index (χ1n) is 8.01. The van der Waals surface area contributed by atoms with Crippen molar-refractivity contribution in [1.29, 1.82) is 0 Å². The van der Waals surface area contributed by atoms with E-state index in [1.165, 1.54) is 22.7 Å². The van der Waals surface area contributed by atoms with E-state index >= 15 is 0 Å². The Kier molecular flexibility index (Phi) is 6.11. The summed E-state index contributed by atoms with van der Waals surface area (Å²) in [6.07, 6.45) is 4.56. The van der Waals surface area contributed by atoms with E-state index in [0.717, 1.165) is 12.1 Å². The number of pyridine rings is 1. The summed E-state index contributed by atoms with van der Waals surface area (Å²) in [4.78, 5) is 3.79. The molecule has 0 aliphatic rings. The van der Waals surface area contributed by atoms with Crippen LogP contribution in [0, 0.1) is 0 Å². The summed E-state index contributed by atoms with van der Waals surface area (Å²) >= 11 is -0.297. The fraction of sp³-hybridized carbons (Fsp3) is 0.167. The third-order valence-electron chi connectivity index (χ3n) is 3.69. The molecule has 0 bridgehead atoms. The average molecular weight is 428 g/mol. The predicted molar refractivity (Wildman–Crippen MR) is 97.7 cm³/mol. The summed E-state index contributed by atoms with van der Waals surface area (Å²) < 4.78 is 70.1. The van der Waals surface area contributed by atoms with Gasteiger partial charge in [-0.05, 0) is 59.8 Å². The maximum Gasteiger partial charge on any atom is 0.446 e. The monoisotopic (exact) mass is 428 g/mol. The Morgan fingerprint density at radius 3 is 2.36 bits per heavy atom. The number of thioether (sulfide) groups is 1. The van der Waals surface area contributed by atoms with Crippen molar-refractivity contribution in [3.63, 3.8) is 0 Å².